The SMILES string of the molecule is CC.CC=NC(CCCOCc1ccc2ccccc2c1)=C(C)C.CCC(C)C. The number of ether oxygens (including phenoxy) is 1. The molecule has 0 saturated heterocycles. The zero-order chi connectivity index (χ0) is 22.1. The van der Waals surface area contributed by atoms with Crippen molar-refractivity contribution in [2.24, 2.45) is 10.9 Å². The first kappa shape index (κ1) is 27.1. The highest BCUT2D eigenvalue weighted by atomic mass is 16.5. The highest BCUT2D eigenvalue weighted by Gasteiger charge is 1.99. The Balaban J connectivity index is 0.000000977. The molecular formula is C27H43NO. The van der Waals surface area contributed by atoms with Crippen LogP contribution < -0.4 is 0 Å². The Morgan fingerprint density at radius 3 is 2.21 bits per heavy atom. The summed E-state index contributed by atoms with van der Waals surface area (Å²) in [5.74, 6) is 0.884. The molecule has 0 fully saturated rings. The normalized spacial score (nSPS) is 10.4. The third-order valence-electron chi connectivity index (χ3n) is 4.46. The Hall–Kier alpha value is -1.93. The summed E-state index contributed by atoms with van der Waals surface area (Å²) in [4.78, 5) is 4.41. The third kappa shape index (κ3) is 12.3. The summed E-state index contributed by atoms with van der Waals surface area (Å²) in [6.07, 6.45) is 5.15. The molecule has 0 aliphatic rings. The van der Waals surface area contributed by atoms with E-state index in [1.807, 2.05) is 27.0 Å². The zero-order valence-corrected chi connectivity index (χ0v) is 20.1. The average molecular weight is 398 g/mol. The van der Waals surface area contributed by atoms with Crippen molar-refractivity contribution in [3.05, 3.63) is 59.3 Å². The van der Waals surface area contributed by atoms with Gasteiger partial charge in [-0.1, -0.05) is 83.0 Å². The van der Waals surface area contributed by atoms with E-state index in [1.54, 1.807) is 0 Å². The molecule has 0 aliphatic heterocycles. The van der Waals surface area contributed by atoms with Crippen LogP contribution in [0.25, 0.3) is 10.8 Å². The Bertz CT molecular complexity index is 724. The molecular weight excluding hydrogens is 354 g/mol. The van der Waals surface area contributed by atoms with Gasteiger partial charge in [0.05, 0.1) is 6.61 Å². The first-order valence-electron chi connectivity index (χ1n) is 11.2. The predicted molar refractivity (Wildman–Crippen MR) is 132 cm³/mol. The Labute approximate surface area is 180 Å². The Kier molecular flexibility index (Phi) is 15.8. The minimum Gasteiger partial charge on any atom is -0.377 e. The van der Waals surface area contributed by atoms with Crippen LogP contribution in [0.2, 0.25) is 0 Å². The van der Waals surface area contributed by atoms with Crippen molar-refractivity contribution in [1.29, 1.82) is 0 Å². The van der Waals surface area contributed by atoms with Gasteiger partial charge in [-0.25, -0.2) is 0 Å². The second kappa shape index (κ2) is 17.0. The second-order valence-electron chi connectivity index (χ2n) is 7.47. The van der Waals surface area contributed by atoms with Gasteiger partial charge in [0.25, 0.3) is 0 Å². The molecule has 2 aromatic rings. The summed E-state index contributed by atoms with van der Waals surface area (Å²) in [5.41, 5.74) is 3.69. The summed E-state index contributed by atoms with van der Waals surface area (Å²) in [7, 11) is 0. The average Bonchev–Trinajstić information content (AvgIpc) is 2.74. The first-order valence-corrected chi connectivity index (χ1v) is 11.2. The fourth-order valence-electron chi connectivity index (χ4n) is 2.46. The van der Waals surface area contributed by atoms with Crippen molar-refractivity contribution in [2.75, 3.05) is 6.61 Å². The van der Waals surface area contributed by atoms with E-state index in [2.05, 4.69) is 82.1 Å². The van der Waals surface area contributed by atoms with Crippen LogP contribution in [0.15, 0.2) is 58.7 Å². The standard InChI is InChI=1S/C20H25NO.C5H12.C2H6/c1-4-21-20(16(2)3)10-7-13-22-15-17-11-12-18-8-5-6-9-19(18)14-17;1-4-5(2)3;1-2/h4-6,8-9,11-12,14H,7,10,13,15H2,1-3H3;5H,4H2,1-3H3;1-2H3. The number of benzene rings is 2. The largest absolute Gasteiger partial charge is 0.377 e. The van der Waals surface area contributed by atoms with Gasteiger partial charge in [-0.15, -0.1) is 0 Å². The van der Waals surface area contributed by atoms with Gasteiger partial charge in [0.1, 0.15) is 0 Å². The fourth-order valence-corrected chi connectivity index (χ4v) is 2.46. The van der Waals surface area contributed by atoms with Gasteiger partial charge in [0.2, 0.25) is 0 Å². The Morgan fingerprint density at radius 2 is 1.66 bits per heavy atom. The maximum absolute atomic E-state index is 5.80. The van der Waals surface area contributed by atoms with Gasteiger partial charge in [0.15, 0.2) is 0 Å². The molecule has 0 saturated carbocycles. The van der Waals surface area contributed by atoms with Crippen LogP contribution in [0.5, 0.6) is 0 Å². The van der Waals surface area contributed by atoms with Gasteiger partial charge in [-0.3, -0.25) is 4.99 Å². The molecule has 0 unspecified atom stereocenters. The van der Waals surface area contributed by atoms with Crippen LogP contribution in [0.3, 0.4) is 0 Å². The molecule has 0 aromatic heterocycles. The van der Waals surface area contributed by atoms with E-state index < -0.39 is 0 Å². The molecule has 0 heterocycles. The van der Waals surface area contributed by atoms with E-state index in [1.165, 1.54) is 34.0 Å². The van der Waals surface area contributed by atoms with E-state index in [9.17, 15) is 0 Å². The van der Waals surface area contributed by atoms with E-state index in [4.69, 9.17) is 4.74 Å². The van der Waals surface area contributed by atoms with Crippen molar-refractivity contribution >= 4 is 17.0 Å². The first-order chi connectivity index (χ1) is 14.0. The quantitative estimate of drug-likeness (QED) is 0.323. The smallest absolute Gasteiger partial charge is 0.0717 e. The van der Waals surface area contributed by atoms with Crippen LogP contribution in [0.4, 0.5) is 0 Å². The van der Waals surface area contributed by atoms with Gasteiger partial charge in [-0.2, -0.15) is 0 Å². The molecule has 29 heavy (non-hydrogen) atoms. The molecule has 0 atom stereocenters. The minimum atomic E-state index is 0.673. The maximum atomic E-state index is 5.80. The highest BCUT2D eigenvalue weighted by molar-refractivity contribution is 5.82. The molecule has 2 nitrogen and oxygen atoms in total. The molecule has 0 bridgehead atoms. The third-order valence-corrected chi connectivity index (χ3v) is 4.46. The van der Waals surface area contributed by atoms with Crippen molar-refractivity contribution in [1.82, 2.24) is 0 Å². The van der Waals surface area contributed by atoms with Gasteiger partial charge in [-0.05, 0) is 61.9 Å². The van der Waals surface area contributed by atoms with Crippen molar-refractivity contribution < 1.29 is 4.74 Å². The molecule has 2 rings (SSSR count). The summed E-state index contributed by atoms with van der Waals surface area (Å²) in [6, 6.07) is 14.9. The van der Waals surface area contributed by atoms with Crippen LogP contribution >= 0.6 is 0 Å². The number of rotatable bonds is 8. The van der Waals surface area contributed by atoms with Gasteiger partial charge in [0, 0.05) is 18.5 Å². The van der Waals surface area contributed by atoms with E-state index in [-0.39, 0.29) is 0 Å². The molecule has 0 radical (unpaired) electrons. The molecule has 0 N–H and O–H groups in total. The minimum absolute atomic E-state index is 0.673. The van der Waals surface area contributed by atoms with E-state index >= 15 is 0 Å². The van der Waals surface area contributed by atoms with Crippen molar-refractivity contribution in [2.45, 2.75) is 81.3 Å². The molecule has 2 heteroatoms. The summed E-state index contributed by atoms with van der Waals surface area (Å²) < 4.78 is 5.80. The maximum Gasteiger partial charge on any atom is 0.0717 e. The highest BCUT2D eigenvalue weighted by Crippen LogP contribution is 2.17. The predicted octanol–water partition coefficient (Wildman–Crippen LogP) is 8.60. The number of nitrogens with zero attached hydrogens (tertiary/aromatic N) is 1. The van der Waals surface area contributed by atoms with Crippen molar-refractivity contribution in [3.8, 4) is 0 Å². The lowest BCUT2D eigenvalue weighted by Crippen LogP contribution is -1.97. The molecule has 0 amide bonds. The number of hydrogen-bond donors (Lipinski definition) is 0. The van der Waals surface area contributed by atoms with Crippen LogP contribution in [0, 0.1) is 5.92 Å². The molecule has 0 aliphatic carbocycles. The monoisotopic (exact) mass is 397 g/mol. The summed E-state index contributed by atoms with van der Waals surface area (Å²) in [5, 5.41) is 2.55. The van der Waals surface area contributed by atoms with Crippen LogP contribution in [0.1, 0.15) is 80.2 Å². The second-order valence-corrected chi connectivity index (χ2v) is 7.47. The van der Waals surface area contributed by atoms with Crippen LogP contribution in [-0.4, -0.2) is 12.8 Å². The summed E-state index contributed by atoms with van der Waals surface area (Å²) >= 11 is 0. The zero-order valence-electron chi connectivity index (χ0n) is 20.1. The summed E-state index contributed by atoms with van der Waals surface area (Å²) in [6.45, 7) is 18.3. The van der Waals surface area contributed by atoms with Gasteiger partial charge >= 0.3 is 0 Å². The van der Waals surface area contributed by atoms with Crippen LogP contribution in [-0.2, 0) is 11.3 Å². The lowest BCUT2D eigenvalue weighted by molar-refractivity contribution is 0.118. The van der Waals surface area contributed by atoms with Gasteiger partial charge < -0.3 is 4.74 Å². The number of hydrogen-bond acceptors (Lipinski definition) is 2. The number of aliphatic imine (C=N–C) groups is 1. The van der Waals surface area contributed by atoms with E-state index in [0.29, 0.717) is 6.61 Å². The van der Waals surface area contributed by atoms with Crippen molar-refractivity contribution in [3.63, 3.8) is 0 Å². The fraction of sp³-hybridized carbons (Fsp3) is 0.519. The lowest BCUT2D eigenvalue weighted by atomic mass is 10.1. The number of allylic oxidation sites excluding steroid dienone is 2. The molecule has 162 valence electrons. The molecule has 2 aromatic carbocycles. The Morgan fingerprint density at radius 1 is 1.03 bits per heavy atom. The van der Waals surface area contributed by atoms with E-state index in [0.717, 1.165) is 25.4 Å². The topological polar surface area (TPSA) is 21.6 Å². The number of fused-ring (bicyclic) bond motifs is 1. The molecule has 0 spiro atoms. The lowest BCUT2D eigenvalue weighted by Gasteiger charge is -2.07.